The van der Waals surface area contributed by atoms with Crippen LogP contribution >= 0.6 is 0 Å². The fourth-order valence-electron chi connectivity index (χ4n) is 2.43. The van der Waals surface area contributed by atoms with E-state index in [0.717, 1.165) is 24.5 Å². The molecule has 0 saturated heterocycles. The first-order valence-electron chi connectivity index (χ1n) is 6.81. The highest BCUT2D eigenvalue weighted by atomic mass is 16.7. The molecule has 0 fully saturated rings. The molecule has 0 bridgehead atoms. The lowest BCUT2D eigenvalue weighted by molar-refractivity contribution is 0.114. The highest BCUT2D eigenvalue weighted by molar-refractivity contribution is 5.44. The highest BCUT2D eigenvalue weighted by Crippen LogP contribution is 2.32. The van der Waals surface area contributed by atoms with Crippen LogP contribution in [0.25, 0.3) is 0 Å². The SMILES string of the molecule is CC(C)C(CO)N(C)CCc1ccc2c(c1)OCO2. The lowest BCUT2D eigenvalue weighted by Gasteiger charge is -2.29. The van der Waals surface area contributed by atoms with Gasteiger partial charge in [0.05, 0.1) is 6.61 Å². The molecule has 4 nitrogen and oxygen atoms in total. The number of benzene rings is 1. The van der Waals surface area contributed by atoms with E-state index in [-0.39, 0.29) is 12.6 Å². The van der Waals surface area contributed by atoms with Gasteiger partial charge >= 0.3 is 0 Å². The molecule has 1 heterocycles. The molecule has 1 unspecified atom stereocenters. The number of ether oxygens (including phenoxy) is 2. The quantitative estimate of drug-likeness (QED) is 0.853. The molecule has 0 saturated carbocycles. The Balaban J connectivity index is 1.91. The molecule has 0 aromatic heterocycles. The average molecular weight is 265 g/mol. The number of aliphatic hydroxyl groups excluding tert-OH is 1. The summed E-state index contributed by atoms with van der Waals surface area (Å²) in [6, 6.07) is 6.29. The Morgan fingerprint density at radius 3 is 2.68 bits per heavy atom. The van der Waals surface area contributed by atoms with Crippen LogP contribution in [-0.4, -0.2) is 43.0 Å². The molecule has 19 heavy (non-hydrogen) atoms. The summed E-state index contributed by atoms with van der Waals surface area (Å²) in [6.07, 6.45) is 0.941. The third-order valence-electron chi connectivity index (χ3n) is 3.71. The second-order valence-electron chi connectivity index (χ2n) is 5.41. The molecule has 1 aliphatic heterocycles. The van der Waals surface area contributed by atoms with Gasteiger partial charge in [0.1, 0.15) is 0 Å². The van der Waals surface area contributed by atoms with Gasteiger partial charge in [-0.2, -0.15) is 0 Å². The van der Waals surface area contributed by atoms with Crippen LogP contribution in [0, 0.1) is 5.92 Å². The molecular formula is C15H23NO3. The molecule has 1 N–H and O–H groups in total. The predicted molar refractivity (Wildman–Crippen MR) is 74.6 cm³/mol. The second-order valence-corrected chi connectivity index (χ2v) is 5.41. The zero-order valence-electron chi connectivity index (χ0n) is 11.9. The van der Waals surface area contributed by atoms with Gasteiger partial charge in [0.15, 0.2) is 11.5 Å². The van der Waals surface area contributed by atoms with Gasteiger partial charge in [0.25, 0.3) is 0 Å². The van der Waals surface area contributed by atoms with Crippen LogP contribution in [0.3, 0.4) is 0 Å². The van der Waals surface area contributed by atoms with Crippen molar-refractivity contribution in [2.24, 2.45) is 5.92 Å². The van der Waals surface area contributed by atoms with Gasteiger partial charge in [0.2, 0.25) is 6.79 Å². The van der Waals surface area contributed by atoms with Crippen molar-refractivity contribution in [2.75, 3.05) is 27.0 Å². The predicted octanol–water partition coefficient (Wildman–Crippen LogP) is 1.91. The number of likely N-dealkylation sites (N-methyl/N-ethyl adjacent to an activating group) is 1. The van der Waals surface area contributed by atoms with E-state index >= 15 is 0 Å². The molecule has 2 rings (SSSR count). The monoisotopic (exact) mass is 265 g/mol. The van der Waals surface area contributed by atoms with Crippen molar-refractivity contribution in [1.82, 2.24) is 4.90 Å². The van der Waals surface area contributed by atoms with Crippen molar-refractivity contribution in [2.45, 2.75) is 26.3 Å². The minimum atomic E-state index is 0.204. The number of nitrogens with zero attached hydrogens (tertiary/aromatic N) is 1. The van der Waals surface area contributed by atoms with Gasteiger partial charge in [-0.15, -0.1) is 0 Å². The largest absolute Gasteiger partial charge is 0.454 e. The lowest BCUT2D eigenvalue weighted by Crippen LogP contribution is -2.39. The van der Waals surface area contributed by atoms with E-state index in [0.29, 0.717) is 12.7 Å². The third-order valence-corrected chi connectivity index (χ3v) is 3.71. The normalized spacial score (nSPS) is 15.3. The van der Waals surface area contributed by atoms with E-state index in [9.17, 15) is 5.11 Å². The minimum Gasteiger partial charge on any atom is -0.454 e. The fraction of sp³-hybridized carbons (Fsp3) is 0.600. The van der Waals surface area contributed by atoms with E-state index in [2.05, 4.69) is 31.9 Å². The van der Waals surface area contributed by atoms with Gasteiger partial charge in [-0.05, 0) is 37.1 Å². The first kappa shape index (κ1) is 14.2. The summed E-state index contributed by atoms with van der Waals surface area (Å²) in [5.74, 6) is 2.11. The maximum absolute atomic E-state index is 9.41. The zero-order valence-corrected chi connectivity index (χ0v) is 11.9. The molecule has 1 aromatic carbocycles. The number of hydrogen-bond donors (Lipinski definition) is 1. The molecule has 0 amide bonds. The average Bonchev–Trinajstić information content (AvgIpc) is 2.84. The zero-order chi connectivity index (χ0) is 13.8. The lowest BCUT2D eigenvalue weighted by atomic mass is 10.0. The van der Waals surface area contributed by atoms with E-state index in [4.69, 9.17) is 9.47 Å². The molecular weight excluding hydrogens is 242 g/mol. The molecule has 4 heteroatoms. The van der Waals surface area contributed by atoms with Crippen molar-refractivity contribution in [1.29, 1.82) is 0 Å². The molecule has 1 atom stereocenters. The second kappa shape index (κ2) is 6.26. The number of fused-ring (bicyclic) bond motifs is 1. The Morgan fingerprint density at radius 2 is 2.00 bits per heavy atom. The maximum atomic E-state index is 9.41. The number of rotatable bonds is 6. The summed E-state index contributed by atoms with van der Waals surface area (Å²) in [6.45, 7) is 5.72. The van der Waals surface area contributed by atoms with Gasteiger partial charge in [0, 0.05) is 12.6 Å². The summed E-state index contributed by atoms with van der Waals surface area (Å²) < 4.78 is 10.7. The van der Waals surface area contributed by atoms with Gasteiger partial charge < -0.3 is 19.5 Å². The van der Waals surface area contributed by atoms with Gasteiger partial charge in [-0.25, -0.2) is 0 Å². The van der Waals surface area contributed by atoms with Crippen LogP contribution in [-0.2, 0) is 6.42 Å². The van der Waals surface area contributed by atoms with Crippen molar-refractivity contribution in [3.63, 3.8) is 0 Å². The third kappa shape index (κ3) is 3.39. The van der Waals surface area contributed by atoms with Crippen LogP contribution < -0.4 is 9.47 Å². The van der Waals surface area contributed by atoms with Crippen LogP contribution in [0.2, 0.25) is 0 Å². The molecule has 0 aliphatic carbocycles. The number of aliphatic hydroxyl groups is 1. The molecule has 106 valence electrons. The minimum absolute atomic E-state index is 0.204. The summed E-state index contributed by atoms with van der Waals surface area (Å²) in [5, 5.41) is 9.41. The maximum Gasteiger partial charge on any atom is 0.231 e. The Kier molecular flexibility index (Phi) is 4.66. The Hall–Kier alpha value is -1.26. The van der Waals surface area contributed by atoms with E-state index in [1.807, 2.05) is 12.1 Å². The van der Waals surface area contributed by atoms with Crippen LogP contribution in [0.5, 0.6) is 11.5 Å². The smallest absolute Gasteiger partial charge is 0.231 e. The topological polar surface area (TPSA) is 41.9 Å². The summed E-state index contributed by atoms with van der Waals surface area (Å²) in [4.78, 5) is 2.22. The Labute approximate surface area is 114 Å². The van der Waals surface area contributed by atoms with E-state index < -0.39 is 0 Å². The van der Waals surface area contributed by atoms with Crippen molar-refractivity contribution < 1.29 is 14.6 Å². The Bertz CT molecular complexity index is 420. The van der Waals surface area contributed by atoms with Crippen molar-refractivity contribution in [3.05, 3.63) is 23.8 Å². The summed E-state index contributed by atoms with van der Waals surface area (Å²) in [5.41, 5.74) is 1.23. The van der Waals surface area contributed by atoms with Crippen molar-refractivity contribution >= 4 is 0 Å². The van der Waals surface area contributed by atoms with Crippen molar-refractivity contribution in [3.8, 4) is 11.5 Å². The molecule has 1 aliphatic rings. The van der Waals surface area contributed by atoms with Gasteiger partial charge in [-0.1, -0.05) is 19.9 Å². The summed E-state index contributed by atoms with van der Waals surface area (Å²) in [7, 11) is 2.06. The Morgan fingerprint density at radius 1 is 1.26 bits per heavy atom. The first-order valence-corrected chi connectivity index (χ1v) is 6.81. The van der Waals surface area contributed by atoms with Crippen LogP contribution in [0.15, 0.2) is 18.2 Å². The highest BCUT2D eigenvalue weighted by Gasteiger charge is 2.18. The first-order chi connectivity index (χ1) is 9.11. The van der Waals surface area contributed by atoms with Crippen LogP contribution in [0.4, 0.5) is 0 Å². The standard InChI is InChI=1S/C15H23NO3/c1-11(2)13(9-17)16(3)7-6-12-4-5-14-15(8-12)19-10-18-14/h4-5,8,11,13,17H,6-7,9-10H2,1-3H3. The molecule has 0 spiro atoms. The summed E-state index contributed by atoms with van der Waals surface area (Å²) >= 11 is 0. The van der Waals surface area contributed by atoms with E-state index in [1.165, 1.54) is 5.56 Å². The molecule has 0 radical (unpaired) electrons. The van der Waals surface area contributed by atoms with Gasteiger partial charge in [-0.3, -0.25) is 0 Å². The van der Waals surface area contributed by atoms with E-state index in [1.54, 1.807) is 0 Å². The van der Waals surface area contributed by atoms with Crippen LogP contribution in [0.1, 0.15) is 19.4 Å². The molecule has 1 aromatic rings. The fourth-order valence-corrected chi connectivity index (χ4v) is 2.43. The number of hydrogen-bond acceptors (Lipinski definition) is 4.